The average molecular weight is 438 g/mol. The van der Waals surface area contributed by atoms with Crippen molar-refractivity contribution in [3.8, 4) is 16.9 Å². The zero-order valence-corrected chi connectivity index (χ0v) is 17.6. The molecule has 0 radical (unpaired) electrons. The number of ketones is 1. The van der Waals surface area contributed by atoms with Crippen molar-refractivity contribution in [2.75, 3.05) is 5.75 Å². The van der Waals surface area contributed by atoms with Gasteiger partial charge in [-0.15, -0.1) is 11.8 Å². The molecule has 0 spiro atoms. The molecule has 6 heteroatoms. The van der Waals surface area contributed by atoms with E-state index in [4.69, 9.17) is 23.8 Å². The molecule has 4 aromatic rings. The van der Waals surface area contributed by atoms with E-state index in [2.05, 4.69) is 0 Å². The van der Waals surface area contributed by atoms with Gasteiger partial charge in [0, 0.05) is 22.3 Å². The Hall–Kier alpha value is -2.60. The molecule has 0 atom stereocenters. The van der Waals surface area contributed by atoms with Crippen molar-refractivity contribution in [2.24, 2.45) is 0 Å². The lowest BCUT2D eigenvalue weighted by Crippen LogP contribution is -2.06. The van der Waals surface area contributed by atoms with Crippen LogP contribution in [0.25, 0.3) is 16.6 Å². The summed E-state index contributed by atoms with van der Waals surface area (Å²) in [5.74, 6) is 0.261. The maximum atomic E-state index is 12.5. The van der Waals surface area contributed by atoms with Gasteiger partial charge in [-0.2, -0.15) is 0 Å². The van der Waals surface area contributed by atoms with Gasteiger partial charge in [0.25, 0.3) is 0 Å². The summed E-state index contributed by atoms with van der Waals surface area (Å²) < 4.78 is 2.34. The van der Waals surface area contributed by atoms with E-state index in [0.717, 1.165) is 16.6 Å². The number of thioether (sulfide) groups is 1. The summed E-state index contributed by atoms with van der Waals surface area (Å²) in [6, 6.07) is 22.2. The van der Waals surface area contributed by atoms with Gasteiger partial charge in [0.05, 0.1) is 15.5 Å². The molecule has 0 amide bonds. The highest BCUT2D eigenvalue weighted by atomic mass is 35.5. The molecule has 0 bridgehead atoms. The smallest absolute Gasteiger partial charge is 0.173 e. The number of Topliss-reactive ketones (excluding diaryl/α,β-unsaturated/α-hetero) is 1. The number of rotatable bonds is 5. The normalized spacial score (nSPS) is 10.9. The highest BCUT2D eigenvalue weighted by Gasteiger charge is 2.22. The predicted octanol–water partition coefficient (Wildman–Crippen LogP) is 6.26. The van der Waals surface area contributed by atoms with Gasteiger partial charge < -0.3 is 9.51 Å². The number of aromatic hydroxyl groups is 1. The van der Waals surface area contributed by atoms with Crippen LogP contribution in [0, 0.1) is 0 Å². The van der Waals surface area contributed by atoms with Crippen LogP contribution >= 0.6 is 35.6 Å². The highest BCUT2D eigenvalue weighted by Crippen LogP contribution is 2.40. The minimum absolute atomic E-state index is 0.0438. The summed E-state index contributed by atoms with van der Waals surface area (Å²) in [4.78, 5) is 12.5. The molecule has 1 N–H and O–H groups in total. The van der Waals surface area contributed by atoms with Crippen molar-refractivity contribution in [3.05, 3.63) is 95.3 Å². The second-order valence-electron chi connectivity index (χ2n) is 6.40. The maximum absolute atomic E-state index is 12.5. The lowest BCUT2D eigenvalue weighted by molar-refractivity contribution is 0.102. The third kappa shape index (κ3) is 3.94. The fraction of sp³-hybridized carbons (Fsp3) is 0.0435. The Morgan fingerprint density at radius 3 is 2.41 bits per heavy atom. The Bertz CT molecular complexity index is 1200. The van der Waals surface area contributed by atoms with Crippen molar-refractivity contribution in [2.45, 2.75) is 0 Å². The van der Waals surface area contributed by atoms with Gasteiger partial charge in [0.15, 0.2) is 11.5 Å². The Morgan fingerprint density at radius 1 is 1.00 bits per heavy atom. The molecule has 4 rings (SSSR count). The van der Waals surface area contributed by atoms with Crippen molar-refractivity contribution >= 4 is 51.1 Å². The molecule has 0 saturated heterocycles. The monoisotopic (exact) mass is 437 g/mol. The summed E-state index contributed by atoms with van der Waals surface area (Å²) in [6.07, 6.45) is 1.87. The molecule has 0 aliphatic heterocycles. The van der Waals surface area contributed by atoms with Crippen LogP contribution in [0.5, 0.6) is 5.75 Å². The summed E-state index contributed by atoms with van der Waals surface area (Å²) in [5, 5.41) is 11.6. The lowest BCUT2D eigenvalue weighted by Gasteiger charge is -2.06. The van der Waals surface area contributed by atoms with E-state index in [1.807, 2.05) is 59.1 Å². The molecule has 2 aromatic heterocycles. The van der Waals surface area contributed by atoms with E-state index in [0.29, 0.717) is 20.5 Å². The van der Waals surface area contributed by atoms with Crippen LogP contribution < -0.4 is 0 Å². The van der Waals surface area contributed by atoms with Gasteiger partial charge in [-0.1, -0.05) is 60.2 Å². The predicted molar refractivity (Wildman–Crippen MR) is 124 cm³/mol. The van der Waals surface area contributed by atoms with E-state index < -0.39 is 0 Å². The zero-order valence-electron chi connectivity index (χ0n) is 15.2. The van der Waals surface area contributed by atoms with Crippen molar-refractivity contribution < 1.29 is 9.90 Å². The molecule has 0 saturated carbocycles. The van der Waals surface area contributed by atoms with E-state index >= 15 is 0 Å². The van der Waals surface area contributed by atoms with Crippen molar-refractivity contribution in [1.29, 1.82) is 0 Å². The first-order valence-electron chi connectivity index (χ1n) is 8.89. The van der Waals surface area contributed by atoms with Gasteiger partial charge >= 0.3 is 0 Å². The Labute approximate surface area is 182 Å². The minimum Gasteiger partial charge on any atom is -0.505 e. The fourth-order valence-electron chi connectivity index (χ4n) is 3.20. The molecule has 29 heavy (non-hydrogen) atoms. The quantitative estimate of drug-likeness (QED) is 0.295. The van der Waals surface area contributed by atoms with Crippen LogP contribution in [0.1, 0.15) is 16.1 Å². The summed E-state index contributed by atoms with van der Waals surface area (Å²) in [6.45, 7) is 0. The number of carbonyl (C=O) groups excluding carboxylic acids is 1. The van der Waals surface area contributed by atoms with E-state index in [1.54, 1.807) is 24.3 Å². The standard InChI is InChI=1S/C23H16ClNO2S2/c24-17-11-9-15(10-12-17)19(26)14-29-23(28)21-22(27)20(16-6-2-1-3-7-16)18-8-4-5-13-25(18)21/h1-13,27H,14H2. The Morgan fingerprint density at radius 2 is 1.69 bits per heavy atom. The average Bonchev–Trinajstić information content (AvgIpc) is 3.04. The van der Waals surface area contributed by atoms with Gasteiger partial charge in [-0.25, -0.2) is 0 Å². The number of halogens is 1. The number of pyridine rings is 1. The molecule has 0 aliphatic carbocycles. The SMILES string of the molecule is O=C(CSC(=S)c1c(O)c(-c2ccccc2)c2ccccn12)c1ccc(Cl)cc1. The first-order valence-corrected chi connectivity index (χ1v) is 10.7. The lowest BCUT2D eigenvalue weighted by atomic mass is 10.1. The third-order valence-corrected chi connectivity index (χ3v) is 6.24. The van der Waals surface area contributed by atoms with Crippen LogP contribution in [0.3, 0.4) is 0 Å². The molecule has 0 unspecified atom stereocenters. The van der Waals surface area contributed by atoms with Gasteiger partial charge in [-0.3, -0.25) is 4.79 Å². The minimum atomic E-state index is -0.0438. The number of benzene rings is 2. The first-order chi connectivity index (χ1) is 14.1. The van der Waals surface area contributed by atoms with E-state index in [1.165, 1.54) is 11.8 Å². The Balaban J connectivity index is 1.65. The fourth-order valence-corrected chi connectivity index (χ4v) is 4.46. The van der Waals surface area contributed by atoms with Crippen molar-refractivity contribution in [3.63, 3.8) is 0 Å². The maximum Gasteiger partial charge on any atom is 0.173 e. The number of hydrogen-bond acceptors (Lipinski definition) is 4. The molecule has 0 fully saturated rings. The summed E-state index contributed by atoms with van der Waals surface area (Å²) in [5.41, 5.74) is 3.61. The van der Waals surface area contributed by atoms with Crippen molar-refractivity contribution in [1.82, 2.24) is 4.40 Å². The molecular formula is C23H16ClNO2S2. The second-order valence-corrected chi connectivity index (χ2v) is 8.49. The summed E-state index contributed by atoms with van der Waals surface area (Å²) >= 11 is 12.7. The summed E-state index contributed by atoms with van der Waals surface area (Å²) in [7, 11) is 0. The molecule has 144 valence electrons. The molecule has 3 nitrogen and oxygen atoms in total. The van der Waals surface area contributed by atoms with Gasteiger partial charge in [0.1, 0.15) is 5.69 Å². The molecular weight excluding hydrogens is 422 g/mol. The van der Waals surface area contributed by atoms with Gasteiger partial charge in [-0.05, 0) is 42.0 Å². The largest absolute Gasteiger partial charge is 0.505 e. The number of aromatic nitrogens is 1. The third-order valence-electron chi connectivity index (χ3n) is 4.57. The van der Waals surface area contributed by atoms with E-state index in [-0.39, 0.29) is 17.3 Å². The highest BCUT2D eigenvalue weighted by molar-refractivity contribution is 8.24. The number of hydrogen-bond donors (Lipinski definition) is 1. The van der Waals surface area contributed by atoms with Crippen LogP contribution in [-0.4, -0.2) is 25.2 Å². The molecule has 0 aliphatic rings. The number of nitrogens with zero attached hydrogens (tertiary/aromatic N) is 1. The van der Waals surface area contributed by atoms with Gasteiger partial charge in [0.2, 0.25) is 0 Å². The first kappa shape index (κ1) is 19.7. The molecule has 2 heterocycles. The molecule has 2 aromatic carbocycles. The van der Waals surface area contributed by atoms with Crippen LogP contribution in [0.2, 0.25) is 5.02 Å². The number of fused-ring (bicyclic) bond motifs is 1. The number of thiocarbonyl (C=S) groups is 1. The van der Waals surface area contributed by atoms with E-state index in [9.17, 15) is 9.90 Å². The van der Waals surface area contributed by atoms with Crippen LogP contribution in [0.4, 0.5) is 0 Å². The topological polar surface area (TPSA) is 41.7 Å². The second kappa shape index (κ2) is 8.41. The van der Waals surface area contributed by atoms with Crippen LogP contribution in [0.15, 0.2) is 79.0 Å². The van der Waals surface area contributed by atoms with Crippen LogP contribution in [-0.2, 0) is 0 Å². The Kier molecular flexibility index (Phi) is 5.72. The number of carbonyl (C=O) groups is 1. The zero-order chi connectivity index (χ0) is 20.4.